The van der Waals surface area contributed by atoms with Crippen LogP contribution in [0.4, 0.5) is 16.2 Å². The molecule has 0 aliphatic rings. The second kappa shape index (κ2) is 5.75. The zero-order valence-corrected chi connectivity index (χ0v) is 9.24. The molecule has 0 atom stereocenters. The summed E-state index contributed by atoms with van der Waals surface area (Å²) in [6.45, 7) is 1.78. The zero-order chi connectivity index (χ0) is 12.0. The highest BCUT2D eigenvalue weighted by molar-refractivity contribution is 5.91. The number of ether oxygens (including phenoxy) is 1. The molecular weight excluding hydrogens is 208 g/mol. The first-order valence-electron chi connectivity index (χ1n) is 4.90. The lowest BCUT2D eigenvalue weighted by Crippen LogP contribution is -2.11. The Kier molecular flexibility index (Phi) is 4.32. The molecule has 0 saturated carbocycles. The Morgan fingerprint density at radius 1 is 1.12 bits per heavy atom. The van der Waals surface area contributed by atoms with Gasteiger partial charge in [-0.2, -0.15) is 0 Å². The molecule has 16 heavy (non-hydrogen) atoms. The number of anilines is 2. The van der Waals surface area contributed by atoms with Crippen LogP contribution in [0.3, 0.4) is 0 Å². The summed E-state index contributed by atoms with van der Waals surface area (Å²) in [5, 5.41) is 5.22. The Balaban J connectivity index is 2.60. The van der Waals surface area contributed by atoms with Crippen LogP contribution in [0.1, 0.15) is 13.3 Å². The number of carbonyl (C=O) groups excluding carboxylic acids is 2. The molecule has 0 radical (unpaired) electrons. The van der Waals surface area contributed by atoms with Gasteiger partial charge in [0.1, 0.15) is 0 Å². The monoisotopic (exact) mass is 222 g/mol. The molecule has 0 spiro atoms. The minimum Gasteiger partial charge on any atom is -0.453 e. The number of hydrogen-bond acceptors (Lipinski definition) is 3. The summed E-state index contributed by atoms with van der Waals surface area (Å²) in [6, 6.07) is 6.78. The average Bonchev–Trinajstić information content (AvgIpc) is 2.31. The fourth-order valence-electron chi connectivity index (χ4n) is 1.06. The van der Waals surface area contributed by atoms with Gasteiger partial charge in [-0.3, -0.25) is 10.1 Å². The van der Waals surface area contributed by atoms with Gasteiger partial charge in [-0.1, -0.05) is 6.92 Å². The molecule has 0 bridgehead atoms. The molecule has 2 N–H and O–H groups in total. The maximum Gasteiger partial charge on any atom is 0.411 e. The fraction of sp³-hybridized carbons (Fsp3) is 0.273. The Bertz CT molecular complexity index is 336. The van der Waals surface area contributed by atoms with E-state index in [-0.39, 0.29) is 5.91 Å². The predicted molar refractivity (Wildman–Crippen MR) is 61.4 cm³/mol. The quantitative estimate of drug-likeness (QED) is 0.823. The third-order valence-electron chi connectivity index (χ3n) is 1.92. The van der Waals surface area contributed by atoms with Gasteiger partial charge in [-0.25, -0.2) is 4.79 Å². The van der Waals surface area contributed by atoms with Crippen molar-refractivity contribution in [3.63, 3.8) is 0 Å². The summed E-state index contributed by atoms with van der Waals surface area (Å²) in [6.07, 6.45) is -0.0901. The number of rotatable bonds is 3. The molecule has 86 valence electrons. The average molecular weight is 222 g/mol. The lowest BCUT2D eigenvalue weighted by Gasteiger charge is -2.06. The molecule has 5 nitrogen and oxygen atoms in total. The van der Waals surface area contributed by atoms with E-state index in [4.69, 9.17) is 0 Å². The van der Waals surface area contributed by atoms with Crippen LogP contribution in [-0.4, -0.2) is 19.1 Å². The highest BCUT2D eigenvalue weighted by Crippen LogP contribution is 2.13. The lowest BCUT2D eigenvalue weighted by atomic mass is 10.2. The van der Waals surface area contributed by atoms with Crippen molar-refractivity contribution in [3.05, 3.63) is 24.3 Å². The number of benzene rings is 1. The fourth-order valence-corrected chi connectivity index (χ4v) is 1.06. The van der Waals surface area contributed by atoms with Crippen LogP contribution in [0.25, 0.3) is 0 Å². The van der Waals surface area contributed by atoms with Crippen molar-refractivity contribution in [2.75, 3.05) is 17.7 Å². The number of nitrogens with one attached hydrogen (secondary N) is 2. The second-order valence-electron chi connectivity index (χ2n) is 3.10. The third kappa shape index (κ3) is 3.61. The first kappa shape index (κ1) is 12.0. The van der Waals surface area contributed by atoms with Gasteiger partial charge in [0.2, 0.25) is 5.91 Å². The van der Waals surface area contributed by atoms with E-state index in [0.717, 1.165) is 0 Å². The summed E-state index contributed by atoms with van der Waals surface area (Å²) in [5.74, 6) is -0.0475. The van der Waals surface area contributed by atoms with E-state index in [0.29, 0.717) is 17.8 Å². The smallest absolute Gasteiger partial charge is 0.411 e. The Labute approximate surface area is 93.8 Å². The van der Waals surface area contributed by atoms with E-state index in [1.807, 2.05) is 0 Å². The third-order valence-corrected chi connectivity index (χ3v) is 1.92. The molecule has 5 heteroatoms. The van der Waals surface area contributed by atoms with E-state index >= 15 is 0 Å². The summed E-state index contributed by atoms with van der Waals surface area (Å²) in [7, 11) is 1.30. The van der Waals surface area contributed by atoms with E-state index in [9.17, 15) is 9.59 Å². The van der Waals surface area contributed by atoms with Gasteiger partial charge < -0.3 is 10.1 Å². The maximum absolute atomic E-state index is 11.1. The van der Waals surface area contributed by atoms with Crippen LogP contribution in [0, 0.1) is 0 Å². The highest BCUT2D eigenvalue weighted by Gasteiger charge is 2.01. The molecular formula is C11H14N2O3. The van der Waals surface area contributed by atoms with Crippen molar-refractivity contribution in [3.8, 4) is 0 Å². The van der Waals surface area contributed by atoms with Gasteiger partial charge in [0, 0.05) is 17.8 Å². The number of carbonyl (C=O) groups is 2. The number of hydrogen-bond donors (Lipinski definition) is 2. The number of methoxy groups -OCH3 is 1. The summed E-state index contributed by atoms with van der Waals surface area (Å²) in [4.78, 5) is 22.0. The molecule has 0 aromatic heterocycles. The van der Waals surface area contributed by atoms with Crippen LogP contribution < -0.4 is 10.6 Å². The predicted octanol–water partition coefficient (Wildman–Crippen LogP) is 2.21. The van der Waals surface area contributed by atoms with Gasteiger partial charge >= 0.3 is 6.09 Å². The molecule has 0 heterocycles. The van der Waals surface area contributed by atoms with Crippen molar-refractivity contribution >= 4 is 23.4 Å². The first-order chi connectivity index (χ1) is 7.65. The largest absolute Gasteiger partial charge is 0.453 e. The van der Waals surface area contributed by atoms with Gasteiger partial charge in [0.25, 0.3) is 0 Å². The second-order valence-corrected chi connectivity index (χ2v) is 3.10. The molecule has 1 aromatic carbocycles. The van der Waals surface area contributed by atoms with E-state index in [2.05, 4.69) is 15.4 Å². The van der Waals surface area contributed by atoms with E-state index in [1.165, 1.54) is 7.11 Å². The number of amides is 2. The summed E-state index contributed by atoms with van der Waals surface area (Å²) < 4.78 is 4.45. The first-order valence-corrected chi connectivity index (χ1v) is 4.90. The van der Waals surface area contributed by atoms with E-state index in [1.54, 1.807) is 31.2 Å². The SMILES string of the molecule is CCC(=O)Nc1ccc(NC(=O)OC)cc1. The van der Waals surface area contributed by atoms with Crippen molar-refractivity contribution in [1.82, 2.24) is 0 Å². The van der Waals surface area contributed by atoms with Crippen molar-refractivity contribution in [2.24, 2.45) is 0 Å². The Morgan fingerprint density at radius 2 is 1.62 bits per heavy atom. The molecule has 2 amide bonds. The van der Waals surface area contributed by atoms with Gasteiger partial charge in [0.05, 0.1) is 7.11 Å². The van der Waals surface area contributed by atoms with Gasteiger partial charge in [-0.05, 0) is 24.3 Å². The summed E-state index contributed by atoms with van der Waals surface area (Å²) in [5.41, 5.74) is 1.31. The van der Waals surface area contributed by atoms with Crippen molar-refractivity contribution in [1.29, 1.82) is 0 Å². The molecule has 1 aromatic rings. The highest BCUT2D eigenvalue weighted by atomic mass is 16.5. The van der Waals surface area contributed by atoms with Gasteiger partial charge in [0.15, 0.2) is 0 Å². The maximum atomic E-state index is 11.1. The van der Waals surface area contributed by atoms with Crippen molar-refractivity contribution < 1.29 is 14.3 Å². The molecule has 0 aliphatic carbocycles. The normalized spacial score (nSPS) is 9.38. The van der Waals surface area contributed by atoms with Crippen LogP contribution in [0.2, 0.25) is 0 Å². The van der Waals surface area contributed by atoms with Crippen LogP contribution in [-0.2, 0) is 9.53 Å². The van der Waals surface area contributed by atoms with Crippen LogP contribution >= 0.6 is 0 Å². The lowest BCUT2D eigenvalue weighted by molar-refractivity contribution is -0.115. The molecule has 0 unspecified atom stereocenters. The Morgan fingerprint density at radius 3 is 2.06 bits per heavy atom. The zero-order valence-electron chi connectivity index (χ0n) is 9.24. The molecule has 0 aliphatic heterocycles. The molecule has 0 saturated heterocycles. The standard InChI is InChI=1S/C11H14N2O3/c1-3-10(14)12-8-4-6-9(7-5-8)13-11(15)16-2/h4-7H,3H2,1-2H3,(H,12,14)(H,13,15). The van der Waals surface area contributed by atoms with E-state index < -0.39 is 6.09 Å². The summed E-state index contributed by atoms with van der Waals surface area (Å²) >= 11 is 0. The minimum atomic E-state index is -0.523. The van der Waals surface area contributed by atoms with Crippen molar-refractivity contribution in [2.45, 2.75) is 13.3 Å². The topological polar surface area (TPSA) is 67.4 Å². The molecule has 0 fully saturated rings. The van der Waals surface area contributed by atoms with Crippen LogP contribution in [0.15, 0.2) is 24.3 Å². The Hall–Kier alpha value is -2.04. The minimum absolute atomic E-state index is 0.0475. The molecule has 1 rings (SSSR count). The van der Waals surface area contributed by atoms with Crippen LogP contribution in [0.5, 0.6) is 0 Å². The van der Waals surface area contributed by atoms with Gasteiger partial charge in [-0.15, -0.1) is 0 Å².